The Kier molecular flexibility index (Phi) is 4.36. The minimum absolute atomic E-state index is 0.205. The molecule has 100 valence electrons. The third kappa shape index (κ3) is 3.32. The molecule has 0 amide bonds. The molecule has 1 fully saturated rings. The number of alkyl halides is 2. The maximum atomic E-state index is 12.0. The van der Waals surface area contributed by atoms with Gasteiger partial charge in [-0.05, 0) is 44.2 Å². The van der Waals surface area contributed by atoms with E-state index >= 15 is 0 Å². The van der Waals surface area contributed by atoms with E-state index in [-0.39, 0.29) is 5.75 Å². The largest absolute Gasteiger partial charge is 0.435 e. The first-order chi connectivity index (χ1) is 8.69. The summed E-state index contributed by atoms with van der Waals surface area (Å²) in [6.45, 7) is -0.807. The number of hydrogen-bond donors (Lipinski definition) is 1. The van der Waals surface area contributed by atoms with Gasteiger partial charge in [-0.1, -0.05) is 0 Å². The van der Waals surface area contributed by atoms with Gasteiger partial charge in [-0.3, -0.25) is 0 Å². The molecule has 0 saturated carbocycles. The second-order valence-corrected chi connectivity index (χ2v) is 4.45. The maximum Gasteiger partial charge on any atom is 0.387 e. The van der Waals surface area contributed by atoms with Gasteiger partial charge in [-0.25, -0.2) is 0 Å². The summed E-state index contributed by atoms with van der Waals surface area (Å²) in [6.07, 6.45) is 2.32. The molecular weight excluding hydrogens is 238 g/mol. The summed E-state index contributed by atoms with van der Waals surface area (Å²) in [5.74, 6) is 0.205. The van der Waals surface area contributed by atoms with Gasteiger partial charge in [0.1, 0.15) is 5.75 Å². The fourth-order valence-corrected chi connectivity index (χ4v) is 2.29. The molecule has 5 heteroatoms. The molecule has 18 heavy (non-hydrogen) atoms. The molecule has 1 aromatic carbocycles. The van der Waals surface area contributed by atoms with Crippen molar-refractivity contribution in [3.63, 3.8) is 0 Å². The molecule has 1 N–H and O–H groups in total. The predicted molar refractivity (Wildman–Crippen MR) is 67.4 cm³/mol. The van der Waals surface area contributed by atoms with Crippen LogP contribution in [0.4, 0.5) is 14.5 Å². The number of benzene rings is 1. The third-order valence-electron chi connectivity index (χ3n) is 3.26. The Labute approximate surface area is 106 Å². The highest BCUT2D eigenvalue weighted by atomic mass is 19.3. The first kappa shape index (κ1) is 13.1. The van der Waals surface area contributed by atoms with Crippen molar-refractivity contribution < 1.29 is 13.5 Å². The number of nitrogens with zero attached hydrogens (tertiary/aromatic N) is 1. The fourth-order valence-electron chi connectivity index (χ4n) is 2.29. The first-order valence-corrected chi connectivity index (χ1v) is 6.16. The van der Waals surface area contributed by atoms with E-state index < -0.39 is 6.61 Å². The zero-order valence-corrected chi connectivity index (χ0v) is 10.4. The van der Waals surface area contributed by atoms with Crippen LogP contribution in [0.15, 0.2) is 24.3 Å². The topological polar surface area (TPSA) is 24.5 Å². The van der Waals surface area contributed by atoms with E-state index in [0.29, 0.717) is 6.04 Å². The molecule has 1 aliphatic heterocycles. The van der Waals surface area contributed by atoms with Gasteiger partial charge < -0.3 is 15.0 Å². The summed E-state index contributed by atoms with van der Waals surface area (Å²) in [4.78, 5) is 2.26. The minimum Gasteiger partial charge on any atom is -0.435 e. The van der Waals surface area contributed by atoms with E-state index in [2.05, 4.69) is 15.0 Å². The lowest BCUT2D eigenvalue weighted by Crippen LogP contribution is -2.44. The average molecular weight is 256 g/mol. The van der Waals surface area contributed by atoms with Crippen LogP contribution in [-0.4, -0.2) is 32.8 Å². The van der Waals surface area contributed by atoms with Crippen molar-refractivity contribution in [1.82, 2.24) is 5.32 Å². The van der Waals surface area contributed by atoms with E-state index in [9.17, 15) is 8.78 Å². The summed E-state index contributed by atoms with van der Waals surface area (Å²) in [6, 6.07) is 7.33. The van der Waals surface area contributed by atoms with Crippen molar-refractivity contribution in [1.29, 1.82) is 0 Å². The van der Waals surface area contributed by atoms with Gasteiger partial charge in [0.05, 0.1) is 0 Å². The number of anilines is 1. The predicted octanol–water partition coefficient (Wildman–Crippen LogP) is 2.48. The van der Waals surface area contributed by atoms with Crippen molar-refractivity contribution in [2.45, 2.75) is 25.5 Å². The summed E-state index contributed by atoms with van der Waals surface area (Å²) in [5.41, 5.74) is 1.05. The molecular formula is C13H18F2N2O. The third-order valence-corrected chi connectivity index (χ3v) is 3.26. The summed E-state index contributed by atoms with van der Waals surface area (Å²) in [7, 11) is 1.97. The lowest BCUT2D eigenvalue weighted by atomic mass is 10.1. The van der Waals surface area contributed by atoms with Crippen LogP contribution >= 0.6 is 0 Å². The Morgan fingerprint density at radius 2 is 2.06 bits per heavy atom. The van der Waals surface area contributed by atoms with E-state index in [1.165, 1.54) is 6.42 Å². The van der Waals surface area contributed by atoms with Gasteiger partial charge in [0.2, 0.25) is 0 Å². The van der Waals surface area contributed by atoms with E-state index in [1.54, 1.807) is 12.1 Å². The minimum atomic E-state index is -2.76. The fraction of sp³-hybridized carbons (Fsp3) is 0.538. The van der Waals surface area contributed by atoms with Crippen LogP contribution in [0.25, 0.3) is 0 Å². The lowest BCUT2D eigenvalue weighted by molar-refractivity contribution is -0.0498. The van der Waals surface area contributed by atoms with Crippen molar-refractivity contribution >= 4 is 5.69 Å². The number of halogens is 2. The zero-order valence-electron chi connectivity index (χ0n) is 10.4. The van der Waals surface area contributed by atoms with Gasteiger partial charge >= 0.3 is 6.61 Å². The first-order valence-electron chi connectivity index (χ1n) is 6.16. The molecule has 0 aromatic heterocycles. The highest BCUT2D eigenvalue weighted by Crippen LogP contribution is 2.23. The van der Waals surface area contributed by atoms with Gasteiger partial charge in [-0.2, -0.15) is 8.78 Å². The smallest absolute Gasteiger partial charge is 0.387 e. The number of likely N-dealkylation sites (N-methyl/N-ethyl adjacent to an activating group) is 1. The van der Waals surface area contributed by atoms with E-state index in [0.717, 1.165) is 25.2 Å². The summed E-state index contributed by atoms with van der Waals surface area (Å²) < 4.78 is 28.4. The molecule has 3 nitrogen and oxygen atoms in total. The van der Waals surface area contributed by atoms with Gasteiger partial charge in [-0.15, -0.1) is 0 Å². The second kappa shape index (κ2) is 6.00. The molecule has 1 unspecified atom stereocenters. The molecule has 0 bridgehead atoms. The van der Waals surface area contributed by atoms with Crippen LogP contribution in [0.5, 0.6) is 5.75 Å². The van der Waals surface area contributed by atoms with E-state index in [1.807, 2.05) is 19.2 Å². The highest BCUT2D eigenvalue weighted by molar-refractivity contribution is 5.49. The molecule has 1 atom stereocenters. The number of piperidine rings is 1. The van der Waals surface area contributed by atoms with Crippen LogP contribution in [0.3, 0.4) is 0 Å². The maximum absolute atomic E-state index is 12.0. The normalized spacial score (nSPS) is 20.2. The SMILES string of the molecule is CNC1CCCN(c2ccc(OC(F)F)cc2)C1. The van der Waals surface area contributed by atoms with Crippen LogP contribution < -0.4 is 15.0 Å². The number of rotatable bonds is 4. The van der Waals surface area contributed by atoms with Gasteiger partial charge in [0.15, 0.2) is 0 Å². The molecule has 2 rings (SSSR count). The molecule has 0 aliphatic carbocycles. The summed E-state index contributed by atoms with van der Waals surface area (Å²) in [5, 5.41) is 3.28. The van der Waals surface area contributed by atoms with Gasteiger partial charge in [0, 0.05) is 24.8 Å². The summed E-state index contributed by atoms with van der Waals surface area (Å²) >= 11 is 0. The zero-order chi connectivity index (χ0) is 13.0. The molecule has 0 spiro atoms. The molecule has 1 heterocycles. The molecule has 0 radical (unpaired) electrons. The van der Waals surface area contributed by atoms with Crippen LogP contribution in [0, 0.1) is 0 Å². The Morgan fingerprint density at radius 3 is 2.67 bits per heavy atom. The average Bonchev–Trinajstić information content (AvgIpc) is 2.39. The Hall–Kier alpha value is -1.36. The quantitative estimate of drug-likeness (QED) is 0.895. The van der Waals surface area contributed by atoms with Gasteiger partial charge in [0.25, 0.3) is 0 Å². The number of nitrogens with one attached hydrogen (secondary N) is 1. The number of hydrogen-bond acceptors (Lipinski definition) is 3. The van der Waals surface area contributed by atoms with Crippen molar-refractivity contribution in [2.75, 3.05) is 25.0 Å². The molecule has 1 aromatic rings. The lowest BCUT2D eigenvalue weighted by Gasteiger charge is -2.34. The molecule has 1 aliphatic rings. The van der Waals surface area contributed by atoms with Crippen molar-refractivity contribution in [3.05, 3.63) is 24.3 Å². The Balaban J connectivity index is 2.00. The van der Waals surface area contributed by atoms with Crippen LogP contribution in [-0.2, 0) is 0 Å². The van der Waals surface area contributed by atoms with Crippen molar-refractivity contribution in [3.8, 4) is 5.75 Å². The highest BCUT2D eigenvalue weighted by Gasteiger charge is 2.18. The standard InChI is InChI=1S/C13H18F2N2O/c1-16-10-3-2-8-17(9-10)11-4-6-12(7-5-11)18-13(14)15/h4-7,10,13,16H,2-3,8-9H2,1H3. The van der Waals surface area contributed by atoms with Crippen LogP contribution in [0.1, 0.15) is 12.8 Å². The second-order valence-electron chi connectivity index (χ2n) is 4.45. The van der Waals surface area contributed by atoms with Crippen LogP contribution in [0.2, 0.25) is 0 Å². The molecule has 1 saturated heterocycles. The monoisotopic (exact) mass is 256 g/mol. The Morgan fingerprint density at radius 1 is 1.33 bits per heavy atom. The Bertz CT molecular complexity index is 370. The number of ether oxygens (including phenoxy) is 1. The van der Waals surface area contributed by atoms with Crippen molar-refractivity contribution in [2.24, 2.45) is 0 Å². The van der Waals surface area contributed by atoms with E-state index in [4.69, 9.17) is 0 Å².